The second kappa shape index (κ2) is 8.29. The maximum absolute atomic E-state index is 10.1. The van der Waals surface area contributed by atoms with Crippen LogP contribution in [0.15, 0.2) is 41.3 Å². The molecule has 2 aromatic carbocycles. The first-order chi connectivity index (χ1) is 13.5. The molecule has 1 atom stereocenters. The minimum Gasteiger partial charge on any atom is -0.364 e. The number of ether oxygens (including phenoxy) is 1. The molecule has 1 N–H and O–H groups in total. The fourth-order valence-electron chi connectivity index (χ4n) is 4.53. The quantitative estimate of drug-likeness (QED) is 0.420. The Hall–Kier alpha value is -1.55. The van der Waals surface area contributed by atoms with E-state index < -0.39 is 6.29 Å². The van der Waals surface area contributed by atoms with E-state index in [-0.39, 0.29) is 10.2 Å². The van der Waals surface area contributed by atoms with Gasteiger partial charge in [-0.25, -0.2) is 0 Å². The first-order valence-corrected chi connectivity index (χ1v) is 11.3. The Morgan fingerprint density at radius 3 is 2.55 bits per heavy atom. The van der Waals surface area contributed by atoms with Crippen molar-refractivity contribution < 1.29 is 9.84 Å². The number of hydrogen-bond donors (Lipinski definition) is 1. The van der Waals surface area contributed by atoms with Crippen LogP contribution in [0.25, 0.3) is 11.6 Å². The Bertz CT molecular complexity index is 924. The molecule has 2 aromatic rings. The molecule has 0 fully saturated rings. The molecule has 29 heavy (non-hydrogen) atoms. The number of aliphatic hydroxyl groups is 1. The van der Waals surface area contributed by atoms with Crippen molar-refractivity contribution in [1.82, 2.24) is 0 Å². The van der Waals surface area contributed by atoms with E-state index in [1.807, 2.05) is 31.7 Å². The van der Waals surface area contributed by atoms with Crippen LogP contribution in [0.5, 0.6) is 0 Å². The van der Waals surface area contributed by atoms with Crippen molar-refractivity contribution in [2.24, 2.45) is 0 Å². The van der Waals surface area contributed by atoms with E-state index in [1.54, 1.807) is 0 Å². The minimum absolute atomic E-state index is 0.175. The van der Waals surface area contributed by atoms with E-state index in [2.05, 4.69) is 71.0 Å². The molecule has 0 bridgehead atoms. The number of fused-ring (bicyclic) bond motifs is 1. The Balaban J connectivity index is 1.91. The molecule has 0 spiro atoms. The first-order valence-electron chi connectivity index (χ1n) is 10.4. The monoisotopic (exact) mass is 410 g/mol. The summed E-state index contributed by atoms with van der Waals surface area (Å²) in [6.07, 6.45) is 2.54. The largest absolute Gasteiger partial charge is 0.364 e. The summed E-state index contributed by atoms with van der Waals surface area (Å²) in [6.45, 7) is 16.0. The second-order valence-electron chi connectivity index (χ2n) is 9.38. The smallest absolute Gasteiger partial charge is 0.181 e. The van der Waals surface area contributed by atoms with Crippen LogP contribution < -0.4 is 0 Å². The maximum atomic E-state index is 10.1. The third-order valence-corrected chi connectivity index (χ3v) is 6.96. The zero-order chi connectivity index (χ0) is 21.4. The van der Waals surface area contributed by atoms with E-state index in [4.69, 9.17) is 4.74 Å². The molecule has 0 amide bonds. The van der Waals surface area contributed by atoms with E-state index >= 15 is 0 Å². The molecule has 2 nitrogen and oxygen atoms in total. The summed E-state index contributed by atoms with van der Waals surface area (Å²) >= 11 is 2.00. The van der Waals surface area contributed by atoms with E-state index in [1.165, 1.54) is 28.0 Å². The van der Waals surface area contributed by atoms with Crippen LogP contribution >= 0.6 is 11.8 Å². The lowest BCUT2D eigenvalue weighted by molar-refractivity contribution is -0.0983. The van der Waals surface area contributed by atoms with Gasteiger partial charge in [-0.1, -0.05) is 58.0 Å². The fourth-order valence-corrected chi connectivity index (χ4v) is 6.14. The van der Waals surface area contributed by atoms with E-state index in [0.29, 0.717) is 6.61 Å². The van der Waals surface area contributed by atoms with Gasteiger partial charge in [0, 0.05) is 21.8 Å². The minimum atomic E-state index is -0.858. The summed E-state index contributed by atoms with van der Waals surface area (Å²) in [5, 5.41) is 10.1. The van der Waals surface area contributed by atoms with Gasteiger partial charge < -0.3 is 9.84 Å². The zero-order valence-electron chi connectivity index (χ0n) is 18.8. The second-order valence-corrected chi connectivity index (χ2v) is 11.1. The Kier molecular flexibility index (Phi) is 6.33. The highest BCUT2D eigenvalue weighted by Crippen LogP contribution is 2.51. The third-order valence-electron chi connectivity index (χ3n) is 5.69. The Labute approximate surface area is 180 Å². The number of benzene rings is 2. The summed E-state index contributed by atoms with van der Waals surface area (Å²) in [4.78, 5) is 1.41. The average Bonchev–Trinajstić information content (AvgIpc) is 2.60. The van der Waals surface area contributed by atoms with Crippen LogP contribution in [0.4, 0.5) is 0 Å². The molecule has 1 heterocycles. The van der Waals surface area contributed by atoms with Crippen LogP contribution in [0.1, 0.15) is 82.1 Å². The van der Waals surface area contributed by atoms with Gasteiger partial charge >= 0.3 is 0 Å². The van der Waals surface area contributed by atoms with Crippen LogP contribution in [-0.4, -0.2) is 16.5 Å². The lowest BCUT2D eigenvalue weighted by atomic mass is 9.76. The van der Waals surface area contributed by atoms with Crippen molar-refractivity contribution >= 4 is 23.4 Å². The molecule has 0 radical (unpaired) electrons. The van der Waals surface area contributed by atoms with Crippen molar-refractivity contribution in [3.8, 4) is 0 Å². The summed E-state index contributed by atoms with van der Waals surface area (Å²) in [5.41, 5.74) is 7.16. The SMILES string of the molecule is CCOC(O)c1ccc(/C=C(\C)c2ccc3c(c2)C(C)(C)CC(C)(C)S3)cc1C. The van der Waals surface area contributed by atoms with Gasteiger partial charge in [-0.3, -0.25) is 0 Å². The van der Waals surface area contributed by atoms with Crippen LogP contribution in [0.3, 0.4) is 0 Å². The summed E-state index contributed by atoms with van der Waals surface area (Å²) in [6, 6.07) is 13.0. The number of thioether (sulfide) groups is 1. The van der Waals surface area contributed by atoms with Gasteiger partial charge in [0.1, 0.15) is 0 Å². The van der Waals surface area contributed by atoms with Crippen molar-refractivity contribution in [3.63, 3.8) is 0 Å². The summed E-state index contributed by atoms with van der Waals surface area (Å²) in [7, 11) is 0. The Morgan fingerprint density at radius 2 is 1.90 bits per heavy atom. The summed E-state index contributed by atoms with van der Waals surface area (Å²) in [5.74, 6) is 0. The van der Waals surface area contributed by atoms with Crippen LogP contribution in [-0.2, 0) is 10.2 Å². The highest BCUT2D eigenvalue weighted by molar-refractivity contribution is 8.00. The number of rotatable bonds is 5. The van der Waals surface area contributed by atoms with Crippen molar-refractivity contribution in [2.75, 3.05) is 6.61 Å². The van der Waals surface area contributed by atoms with E-state index in [9.17, 15) is 5.11 Å². The van der Waals surface area contributed by atoms with Crippen molar-refractivity contribution in [3.05, 3.63) is 64.2 Å². The summed E-state index contributed by atoms with van der Waals surface area (Å²) < 4.78 is 5.60. The zero-order valence-corrected chi connectivity index (χ0v) is 19.6. The van der Waals surface area contributed by atoms with Gasteiger partial charge in [0.05, 0.1) is 0 Å². The molecule has 0 aromatic heterocycles. The van der Waals surface area contributed by atoms with E-state index in [0.717, 1.165) is 16.7 Å². The first kappa shape index (κ1) is 22.1. The molecule has 0 saturated carbocycles. The topological polar surface area (TPSA) is 29.5 Å². The highest BCUT2D eigenvalue weighted by atomic mass is 32.2. The number of hydrogen-bond acceptors (Lipinski definition) is 3. The van der Waals surface area contributed by atoms with Crippen LogP contribution in [0.2, 0.25) is 0 Å². The molecule has 0 saturated heterocycles. The Morgan fingerprint density at radius 1 is 1.17 bits per heavy atom. The van der Waals surface area contributed by atoms with Gasteiger partial charge in [0.2, 0.25) is 0 Å². The molecule has 156 valence electrons. The van der Waals surface area contributed by atoms with Crippen molar-refractivity contribution in [1.29, 1.82) is 0 Å². The van der Waals surface area contributed by atoms with Gasteiger partial charge in [-0.2, -0.15) is 0 Å². The lowest BCUT2D eigenvalue weighted by Crippen LogP contribution is -2.33. The molecule has 0 aliphatic carbocycles. The predicted molar refractivity (Wildman–Crippen MR) is 125 cm³/mol. The normalized spacial score (nSPS) is 19.0. The molecule has 1 aliphatic rings. The fraction of sp³-hybridized carbons (Fsp3) is 0.462. The molecular weight excluding hydrogens is 376 g/mol. The predicted octanol–water partition coefficient (Wildman–Crippen LogP) is 7.13. The third kappa shape index (κ3) is 4.96. The maximum Gasteiger partial charge on any atom is 0.181 e. The number of allylic oxidation sites excluding steroid dienone is 1. The average molecular weight is 411 g/mol. The van der Waals surface area contributed by atoms with Crippen molar-refractivity contribution in [2.45, 2.75) is 76.2 Å². The standard InChI is InChI=1S/C26H34O2S/c1-8-28-24(27)21-11-9-19(14-18(21)3)13-17(2)20-10-12-23-22(15-20)25(4,5)16-26(6,7)29-23/h9-15,24,27H,8,16H2,1-7H3/b17-13+. The molecule has 1 aliphatic heterocycles. The highest BCUT2D eigenvalue weighted by Gasteiger charge is 2.38. The van der Waals surface area contributed by atoms with Crippen LogP contribution in [0, 0.1) is 6.92 Å². The number of aryl methyl sites for hydroxylation is 1. The molecule has 3 rings (SSSR count). The molecule has 3 heteroatoms. The molecule has 1 unspecified atom stereocenters. The van der Waals surface area contributed by atoms with Gasteiger partial charge in [-0.15, -0.1) is 11.8 Å². The van der Waals surface area contributed by atoms with Gasteiger partial charge in [-0.05, 0) is 72.6 Å². The molecular formula is C26H34O2S. The van der Waals surface area contributed by atoms with Gasteiger partial charge in [0.15, 0.2) is 6.29 Å². The lowest BCUT2D eigenvalue weighted by Gasteiger charge is -2.42. The van der Waals surface area contributed by atoms with Gasteiger partial charge in [0.25, 0.3) is 0 Å². The number of aliphatic hydroxyl groups excluding tert-OH is 1.